The molecule has 8 heteroatoms. The highest BCUT2D eigenvalue weighted by Crippen LogP contribution is 2.35. The minimum Gasteiger partial charge on any atom is -0.477 e. The van der Waals surface area contributed by atoms with Gasteiger partial charge in [-0.05, 0) is 43.7 Å². The third-order valence-corrected chi connectivity index (χ3v) is 5.00. The summed E-state index contributed by atoms with van der Waals surface area (Å²) < 4.78 is 19.1. The molecule has 0 saturated carbocycles. The van der Waals surface area contributed by atoms with E-state index in [0.29, 0.717) is 18.0 Å². The van der Waals surface area contributed by atoms with E-state index in [0.717, 1.165) is 18.2 Å². The van der Waals surface area contributed by atoms with E-state index in [1.807, 2.05) is 30.0 Å². The van der Waals surface area contributed by atoms with E-state index in [9.17, 15) is 14.0 Å². The number of rotatable bonds is 6. The van der Waals surface area contributed by atoms with E-state index >= 15 is 0 Å². The van der Waals surface area contributed by atoms with Crippen LogP contribution >= 0.6 is 11.6 Å². The number of nitrogens with one attached hydrogen (secondary N) is 2. The summed E-state index contributed by atoms with van der Waals surface area (Å²) in [4.78, 5) is 27.1. The molecular weight excluding hydrogens is 397 g/mol. The maximum Gasteiger partial charge on any atom is 0.262 e. The average Bonchev–Trinajstić information content (AvgIpc) is 2.72. The van der Waals surface area contributed by atoms with Crippen molar-refractivity contribution in [2.24, 2.45) is 0 Å². The second-order valence-corrected chi connectivity index (χ2v) is 7.21. The molecule has 0 aliphatic carbocycles. The van der Waals surface area contributed by atoms with Gasteiger partial charge in [-0.3, -0.25) is 9.59 Å². The van der Waals surface area contributed by atoms with E-state index < -0.39 is 18.0 Å². The first kappa shape index (κ1) is 20.9. The zero-order valence-electron chi connectivity index (χ0n) is 16.2. The van der Waals surface area contributed by atoms with Gasteiger partial charge in [-0.2, -0.15) is 0 Å². The molecule has 1 aliphatic rings. The SMILES string of the molecule is CCCNC(=O)[C@@H]1CN([C@@H](C)C(=O)Nc2ccc(F)cc2Cl)c2ccccc2O1. The molecule has 0 saturated heterocycles. The highest BCUT2D eigenvalue weighted by molar-refractivity contribution is 6.33. The Kier molecular flexibility index (Phi) is 6.59. The van der Waals surface area contributed by atoms with Gasteiger partial charge in [-0.25, -0.2) is 4.39 Å². The second-order valence-electron chi connectivity index (χ2n) is 6.81. The number of ether oxygens (including phenoxy) is 1. The normalized spacial score (nSPS) is 16.4. The number of nitrogens with zero attached hydrogens (tertiary/aromatic N) is 1. The Morgan fingerprint density at radius 1 is 1.31 bits per heavy atom. The van der Waals surface area contributed by atoms with Crippen molar-refractivity contribution in [3.05, 3.63) is 53.3 Å². The number of hydrogen-bond donors (Lipinski definition) is 2. The highest BCUT2D eigenvalue weighted by atomic mass is 35.5. The van der Waals surface area contributed by atoms with E-state index in [2.05, 4.69) is 10.6 Å². The summed E-state index contributed by atoms with van der Waals surface area (Å²) in [5.41, 5.74) is 1.04. The van der Waals surface area contributed by atoms with Crippen LogP contribution in [0.1, 0.15) is 20.3 Å². The molecule has 0 radical (unpaired) electrons. The van der Waals surface area contributed by atoms with Gasteiger partial charge in [0.25, 0.3) is 5.91 Å². The van der Waals surface area contributed by atoms with Gasteiger partial charge >= 0.3 is 0 Å². The summed E-state index contributed by atoms with van der Waals surface area (Å²) in [5, 5.41) is 5.67. The van der Waals surface area contributed by atoms with E-state index in [1.165, 1.54) is 12.1 Å². The molecule has 2 aromatic rings. The minimum atomic E-state index is -0.735. The van der Waals surface area contributed by atoms with Gasteiger partial charge in [0.2, 0.25) is 5.91 Å². The average molecular weight is 420 g/mol. The Morgan fingerprint density at radius 2 is 2.07 bits per heavy atom. The summed E-state index contributed by atoms with van der Waals surface area (Å²) in [6.45, 7) is 4.48. The Morgan fingerprint density at radius 3 is 2.79 bits per heavy atom. The van der Waals surface area contributed by atoms with Crippen molar-refractivity contribution in [1.29, 1.82) is 0 Å². The third-order valence-electron chi connectivity index (χ3n) is 4.68. The Bertz CT molecular complexity index is 908. The molecular formula is C21H23ClFN3O3. The molecule has 2 aromatic carbocycles. The smallest absolute Gasteiger partial charge is 0.262 e. The summed E-state index contributed by atoms with van der Waals surface area (Å²) in [5.74, 6) is -0.498. The molecule has 1 aliphatic heterocycles. The van der Waals surface area contributed by atoms with Crippen molar-refractivity contribution in [1.82, 2.24) is 5.32 Å². The van der Waals surface area contributed by atoms with E-state index in [-0.39, 0.29) is 23.4 Å². The highest BCUT2D eigenvalue weighted by Gasteiger charge is 2.35. The number of halogens is 2. The monoisotopic (exact) mass is 419 g/mol. The lowest BCUT2D eigenvalue weighted by Gasteiger charge is -2.38. The molecule has 0 unspecified atom stereocenters. The summed E-state index contributed by atoms with van der Waals surface area (Å²) in [6.07, 6.45) is 0.0804. The van der Waals surface area contributed by atoms with Crippen LogP contribution in [0.25, 0.3) is 0 Å². The number of carbonyl (C=O) groups is 2. The summed E-state index contributed by atoms with van der Waals surface area (Å²) in [6, 6.07) is 10.4. The van der Waals surface area contributed by atoms with Gasteiger partial charge in [0.1, 0.15) is 17.6 Å². The lowest BCUT2D eigenvalue weighted by molar-refractivity contribution is -0.128. The van der Waals surface area contributed by atoms with Crippen LogP contribution in [0, 0.1) is 5.82 Å². The lowest BCUT2D eigenvalue weighted by Crippen LogP contribution is -2.54. The molecule has 0 aromatic heterocycles. The Hall–Kier alpha value is -2.80. The topological polar surface area (TPSA) is 70.7 Å². The number of amides is 2. The molecule has 0 fully saturated rings. The molecule has 29 heavy (non-hydrogen) atoms. The van der Waals surface area contributed by atoms with Crippen LogP contribution < -0.4 is 20.3 Å². The molecule has 2 atom stereocenters. The standard InChI is InChI=1S/C21H23ClFN3O3/c1-3-10-24-21(28)19-12-26(17-6-4-5-7-18(17)29-19)13(2)20(27)25-16-9-8-14(23)11-15(16)22/h4-9,11,13,19H,3,10,12H2,1-2H3,(H,24,28)(H,25,27)/t13-,19-/m0/s1. The zero-order chi connectivity index (χ0) is 21.0. The van der Waals surface area contributed by atoms with Gasteiger partial charge in [-0.15, -0.1) is 0 Å². The first-order valence-electron chi connectivity index (χ1n) is 9.46. The van der Waals surface area contributed by atoms with Gasteiger partial charge in [0, 0.05) is 6.54 Å². The fourth-order valence-electron chi connectivity index (χ4n) is 3.10. The fourth-order valence-corrected chi connectivity index (χ4v) is 3.31. The third kappa shape index (κ3) is 4.79. The van der Waals surface area contributed by atoms with Gasteiger partial charge < -0.3 is 20.3 Å². The summed E-state index contributed by atoms with van der Waals surface area (Å²) in [7, 11) is 0. The predicted molar refractivity (Wildman–Crippen MR) is 111 cm³/mol. The number of para-hydroxylation sites is 2. The van der Waals surface area contributed by atoms with Gasteiger partial charge in [-0.1, -0.05) is 30.7 Å². The first-order chi connectivity index (χ1) is 13.9. The molecule has 6 nitrogen and oxygen atoms in total. The van der Waals surface area contributed by atoms with Crippen LogP contribution in [0.15, 0.2) is 42.5 Å². The van der Waals surface area contributed by atoms with Crippen molar-refractivity contribution in [2.75, 3.05) is 23.3 Å². The first-order valence-corrected chi connectivity index (χ1v) is 9.84. The van der Waals surface area contributed by atoms with Crippen LogP contribution in [0.4, 0.5) is 15.8 Å². The number of fused-ring (bicyclic) bond motifs is 1. The maximum atomic E-state index is 13.2. The number of hydrogen-bond acceptors (Lipinski definition) is 4. The molecule has 3 rings (SSSR count). The second kappa shape index (κ2) is 9.13. The van der Waals surface area contributed by atoms with Crippen LogP contribution in [-0.4, -0.2) is 37.0 Å². The minimum absolute atomic E-state index is 0.116. The predicted octanol–water partition coefficient (Wildman–Crippen LogP) is 3.60. The van der Waals surface area contributed by atoms with E-state index in [4.69, 9.17) is 16.3 Å². The lowest BCUT2D eigenvalue weighted by atomic mass is 10.1. The molecule has 2 N–H and O–H groups in total. The quantitative estimate of drug-likeness (QED) is 0.750. The summed E-state index contributed by atoms with van der Waals surface area (Å²) >= 11 is 6.02. The van der Waals surface area contributed by atoms with Gasteiger partial charge in [0.05, 0.1) is 22.9 Å². The largest absolute Gasteiger partial charge is 0.477 e. The molecule has 0 spiro atoms. The Labute approximate surface area is 174 Å². The molecule has 2 amide bonds. The van der Waals surface area contributed by atoms with Crippen LogP contribution in [0.3, 0.4) is 0 Å². The van der Waals surface area contributed by atoms with Crippen LogP contribution in [-0.2, 0) is 9.59 Å². The van der Waals surface area contributed by atoms with Crippen molar-refractivity contribution >= 4 is 34.8 Å². The molecule has 0 bridgehead atoms. The maximum absolute atomic E-state index is 13.2. The van der Waals surface area contributed by atoms with Crippen LogP contribution in [0.2, 0.25) is 5.02 Å². The van der Waals surface area contributed by atoms with Gasteiger partial charge in [0.15, 0.2) is 6.10 Å². The van der Waals surface area contributed by atoms with E-state index in [1.54, 1.807) is 13.0 Å². The Balaban J connectivity index is 1.80. The van der Waals surface area contributed by atoms with Crippen molar-refractivity contribution in [2.45, 2.75) is 32.4 Å². The molecule has 154 valence electrons. The van der Waals surface area contributed by atoms with Crippen molar-refractivity contribution in [3.8, 4) is 5.75 Å². The molecule has 1 heterocycles. The number of anilines is 2. The number of carbonyl (C=O) groups excluding carboxylic acids is 2. The van der Waals surface area contributed by atoms with Crippen molar-refractivity contribution < 1.29 is 18.7 Å². The zero-order valence-corrected chi connectivity index (χ0v) is 17.0. The van der Waals surface area contributed by atoms with Crippen LogP contribution in [0.5, 0.6) is 5.75 Å². The van der Waals surface area contributed by atoms with Crippen molar-refractivity contribution in [3.63, 3.8) is 0 Å². The number of benzene rings is 2. The fraction of sp³-hybridized carbons (Fsp3) is 0.333.